The van der Waals surface area contributed by atoms with E-state index in [9.17, 15) is 4.79 Å². The molecule has 21 heavy (non-hydrogen) atoms. The van der Waals surface area contributed by atoms with Gasteiger partial charge in [-0.25, -0.2) is 4.98 Å². The van der Waals surface area contributed by atoms with Crippen LogP contribution < -0.4 is 15.8 Å². The lowest BCUT2D eigenvalue weighted by molar-refractivity contribution is 0.0935. The molecule has 1 aromatic heterocycles. The number of carbonyl (C=O) groups excluding carboxylic acids is 1. The number of thiazole rings is 1. The molecule has 0 bridgehead atoms. The number of benzene rings is 1. The van der Waals surface area contributed by atoms with E-state index in [4.69, 9.17) is 10.5 Å². The normalized spacial score (nSPS) is 12.0. The lowest BCUT2D eigenvalue weighted by atomic mass is 10.1. The second kappa shape index (κ2) is 7.19. The third-order valence-electron chi connectivity index (χ3n) is 3.08. The van der Waals surface area contributed by atoms with Crippen LogP contribution in [0, 0.1) is 0 Å². The summed E-state index contributed by atoms with van der Waals surface area (Å²) in [5.74, 6) is 0.595. The Morgan fingerprint density at radius 1 is 1.52 bits per heavy atom. The highest BCUT2D eigenvalue weighted by Crippen LogP contribution is 2.19. The maximum atomic E-state index is 12.2. The molecule has 0 spiro atoms. The first-order valence-electron chi connectivity index (χ1n) is 6.73. The fraction of sp³-hybridized carbons (Fsp3) is 0.333. The molecule has 1 amide bonds. The van der Waals surface area contributed by atoms with Gasteiger partial charge < -0.3 is 15.8 Å². The van der Waals surface area contributed by atoms with E-state index in [2.05, 4.69) is 10.3 Å². The Kier molecular flexibility index (Phi) is 5.30. The number of methoxy groups -OCH3 is 1. The molecule has 0 fully saturated rings. The molecule has 0 aliphatic carbocycles. The van der Waals surface area contributed by atoms with Gasteiger partial charge >= 0.3 is 0 Å². The lowest BCUT2D eigenvalue weighted by Crippen LogP contribution is -2.27. The number of hydrogen-bond donors (Lipinski definition) is 2. The van der Waals surface area contributed by atoms with Gasteiger partial charge in [0.15, 0.2) is 0 Å². The average molecular weight is 305 g/mol. The predicted molar refractivity (Wildman–Crippen MR) is 83.7 cm³/mol. The van der Waals surface area contributed by atoms with Gasteiger partial charge in [-0.1, -0.05) is 12.1 Å². The summed E-state index contributed by atoms with van der Waals surface area (Å²) in [5.41, 5.74) is 6.91. The van der Waals surface area contributed by atoms with Crippen LogP contribution in [0.15, 0.2) is 29.6 Å². The monoisotopic (exact) mass is 305 g/mol. The Hall–Kier alpha value is -1.92. The molecule has 0 aliphatic heterocycles. The molecule has 1 heterocycles. The quantitative estimate of drug-likeness (QED) is 0.857. The van der Waals surface area contributed by atoms with E-state index < -0.39 is 0 Å². The van der Waals surface area contributed by atoms with Gasteiger partial charge in [0.25, 0.3) is 5.91 Å². The maximum absolute atomic E-state index is 12.2. The second-order valence-corrected chi connectivity index (χ2v) is 5.58. The highest BCUT2D eigenvalue weighted by molar-refractivity contribution is 7.09. The maximum Gasteiger partial charge on any atom is 0.271 e. The molecular formula is C15H19N3O2S. The number of carbonyl (C=O) groups is 1. The second-order valence-electron chi connectivity index (χ2n) is 4.64. The largest absolute Gasteiger partial charge is 0.497 e. The topological polar surface area (TPSA) is 77.2 Å². The van der Waals surface area contributed by atoms with Gasteiger partial charge in [-0.05, 0) is 31.2 Å². The lowest BCUT2D eigenvalue weighted by Gasteiger charge is -2.14. The summed E-state index contributed by atoms with van der Waals surface area (Å²) >= 11 is 1.46. The third-order valence-corrected chi connectivity index (χ3v) is 3.99. The predicted octanol–water partition coefficient (Wildman–Crippen LogP) is 2.14. The van der Waals surface area contributed by atoms with Crippen molar-refractivity contribution in [3.05, 3.63) is 45.9 Å². The highest BCUT2D eigenvalue weighted by atomic mass is 32.1. The standard InChI is InChI=1S/C15H19N3O2S/c1-10(11-4-3-5-12(8-11)20-2)17-15(19)13-9-21-14(18-13)6-7-16/h3-5,8-10H,6-7,16H2,1-2H3,(H,17,19). The fourth-order valence-corrected chi connectivity index (χ4v) is 2.71. The average Bonchev–Trinajstić information content (AvgIpc) is 2.96. The van der Waals surface area contributed by atoms with Crippen molar-refractivity contribution < 1.29 is 9.53 Å². The van der Waals surface area contributed by atoms with Gasteiger partial charge in [-0.2, -0.15) is 0 Å². The Bertz CT molecular complexity index is 612. The SMILES string of the molecule is COc1cccc(C(C)NC(=O)c2csc(CCN)n2)c1. The zero-order valence-electron chi connectivity index (χ0n) is 12.1. The fourth-order valence-electron chi connectivity index (χ4n) is 1.92. The van der Waals surface area contributed by atoms with E-state index in [1.54, 1.807) is 12.5 Å². The summed E-state index contributed by atoms with van der Waals surface area (Å²) in [6.07, 6.45) is 0.698. The number of rotatable bonds is 6. The van der Waals surface area contributed by atoms with Crippen LogP contribution in [0.25, 0.3) is 0 Å². The van der Waals surface area contributed by atoms with Crippen molar-refractivity contribution in [2.45, 2.75) is 19.4 Å². The summed E-state index contributed by atoms with van der Waals surface area (Å²) in [4.78, 5) is 16.5. The zero-order chi connectivity index (χ0) is 15.2. The molecular weight excluding hydrogens is 286 g/mol. The highest BCUT2D eigenvalue weighted by Gasteiger charge is 2.14. The number of nitrogens with one attached hydrogen (secondary N) is 1. The smallest absolute Gasteiger partial charge is 0.271 e. The molecule has 3 N–H and O–H groups in total. The van der Waals surface area contributed by atoms with Crippen molar-refractivity contribution in [3.63, 3.8) is 0 Å². The van der Waals surface area contributed by atoms with Gasteiger partial charge in [0, 0.05) is 11.8 Å². The van der Waals surface area contributed by atoms with Crippen molar-refractivity contribution >= 4 is 17.2 Å². The Morgan fingerprint density at radius 3 is 3.05 bits per heavy atom. The van der Waals surface area contributed by atoms with Crippen molar-refractivity contribution in [1.29, 1.82) is 0 Å². The van der Waals surface area contributed by atoms with Gasteiger partial charge in [0.05, 0.1) is 18.2 Å². The van der Waals surface area contributed by atoms with Crippen LogP contribution in [0.2, 0.25) is 0 Å². The van der Waals surface area contributed by atoms with Crippen LogP contribution in [0.5, 0.6) is 5.75 Å². The number of amides is 1. The number of nitrogens with two attached hydrogens (primary N) is 1. The van der Waals surface area contributed by atoms with Gasteiger partial charge in [-0.3, -0.25) is 4.79 Å². The van der Waals surface area contributed by atoms with Crippen LogP contribution in [0.4, 0.5) is 0 Å². The van der Waals surface area contributed by atoms with Crippen LogP contribution in [-0.4, -0.2) is 24.5 Å². The molecule has 1 atom stereocenters. The summed E-state index contributed by atoms with van der Waals surface area (Å²) in [6.45, 7) is 2.47. The van der Waals surface area contributed by atoms with Crippen molar-refractivity contribution in [1.82, 2.24) is 10.3 Å². The van der Waals surface area contributed by atoms with Crippen LogP contribution in [0.3, 0.4) is 0 Å². The molecule has 1 aromatic carbocycles. The molecule has 2 rings (SSSR count). The van der Waals surface area contributed by atoms with Crippen molar-refractivity contribution in [2.75, 3.05) is 13.7 Å². The Balaban J connectivity index is 2.03. The molecule has 0 radical (unpaired) electrons. The molecule has 2 aromatic rings. The van der Waals surface area contributed by atoms with Crippen molar-refractivity contribution in [2.24, 2.45) is 5.73 Å². The summed E-state index contributed by atoms with van der Waals surface area (Å²) in [6, 6.07) is 7.52. The molecule has 6 heteroatoms. The van der Waals surface area contributed by atoms with Crippen LogP contribution in [-0.2, 0) is 6.42 Å². The molecule has 0 aliphatic rings. The number of nitrogens with zero attached hydrogens (tertiary/aromatic N) is 1. The van der Waals surface area contributed by atoms with Gasteiger partial charge in [-0.15, -0.1) is 11.3 Å². The minimum Gasteiger partial charge on any atom is -0.497 e. The van der Waals surface area contributed by atoms with E-state index in [1.807, 2.05) is 31.2 Å². The molecule has 0 saturated carbocycles. The zero-order valence-corrected chi connectivity index (χ0v) is 12.9. The Morgan fingerprint density at radius 2 is 2.33 bits per heavy atom. The first kappa shape index (κ1) is 15.5. The summed E-state index contributed by atoms with van der Waals surface area (Å²) in [7, 11) is 1.62. The first-order chi connectivity index (χ1) is 10.1. The van der Waals surface area contributed by atoms with Crippen LogP contribution >= 0.6 is 11.3 Å². The van der Waals surface area contributed by atoms with Crippen molar-refractivity contribution in [3.8, 4) is 5.75 Å². The first-order valence-corrected chi connectivity index (χ1v) is 7.61. The molecule has 1 unspecified atom stereocenters. The summed E-state index contributed by atoms with van der Waals surface area (Å²) < 4.78 is 5.19. The molecule has 112 valence electrons. The van der Waals surface area contributed by atoms with Gasteiger partial charge in [0.1, 0.15) is 11.4 Å². The van der Waals surface area contributed by atoms with E-state index in [0.29, 0.717) is 18.7 Å². The number of ether oxygens (including phenoxy) is 1. The summed E-state index contributed by atoms with van der Waals surface area (Å²) in [5, 5.41) is 5.59. The van der Waals surface area contributed by atoms with E-state index in [1.165, 1.54) is 11.3 Å². The third kappa shape index (κ3) is 4.03. The minimum atomic E-state index is -0.176. The number of aromatic nitrogens is 1. The Labute approximate surface area is 128 Å². The van der Waals surface area contributed by atoms with E-state index in [-0.39, 0.29) is 11.9 Å². The molecule has 0 saturated heterocycles. The minimum absolute atomic E-state index is 0.118. The molecule has 5 nitrogen and oxygen atoms in total. The van der Waals surface area contributed by atoms with Gasteiger partial charge in [0.2, 0.25) is 0 Å². The van der Waals surface area contributed by atoms with E-state index >= 15 is 0 Å². The number of hydrogen-bond acceptors (Lipinski definition) is 5. The van der Waals surface area contributed by atoms with Crippen LogP contribution in [0.1, 0.15) is 34.0 Å². The van der Waals surface area contributed by atoms with E-state index in [0.717, 1.165) is 16.3 Å².